The molecule has 0 saturated heterocycles. The Bertz CT molecular complexity index is 1500. The Labute approximate surface area is 233 Å². The molecule has 1 amide bonds. The van der Waals surface area contributed by atoms with Gasteiger partial charge in [-0.25, -0.2) is 14.6 Å². The van der Waals surface area contributed by atoms with E-state index in [-0.39, 0.29) is 6.42 Å². The average molecular weight is 544 g/mol. The highest BCUT2D eigenvalue weighted by molar-refractivity contribution is 5.95. The molecule has 0 saturated carbocycles. The van der Waals surface area contributed by atoms with E-state index in [2.05, 4.69) is 10.3 Å². The molecule has 0 bridgehead atoms. The van der Waals surface area contributed by atoms with E-state index in [1.807, 2.05) is 59.2 Å². The number of nitrogens with zero attached hydrogens (tertiary/aromatic N) is 2. The fourth-order valence-corrected chi connectivity index (χ4v) is 4.60. The van der Waals surface area contributed by atoms with E-state index < -0.39 is 29.7 Å². The summed E-state index contributed by atoms with van der Waals surface area (Å²) in [6.07, 6.45) is 1.33. The maximum atomic E-state index is 12.8. The lowest BCUT2D eigenvalue weighted by Gasteiger charge is -2.23. The zero-order valence-corrected chi connectivity index (χ0v) is 23.3. The molecule has 1 atom stereocenters. The second kappa shape index (κ2) is 12.0. The van der Waals surface area contributed by atoms with Crippen LogP contribution >= 0.6 is 0 Å². The number of aromatic nitrogens is 2. The number of hydrogen-bond donors (Lipinski definition) is 1. The summed E-state index contributed by atoms with van der Waals surface area (Å²) in [5.74, 6) is -0.197. The summed E-state index contributed by atoms with van der Waals surface area (Å²) >= 11 is 0. The highest BCUT2D eigenvalue weighted by atomic mass is 16.6. The molecule has 40 heavy (non-hydrogen) atoms. The Morgan fingerprint density at radius 2 is 1.62 bits per heavy atom. The SMILES string of the molecule is COC(=O)C[C@H](Cc1c(-c2ccc(C(=O)OC)cc2)n(-c2ccccn2)c2ccccc12)NC(=O)OC(C)(C)C. The van der Waals surface area contributed by atoms with Gasteiger partial charge in [0.1, 0.15) is 11.4 Å². The third-order valence-corrected chi connectivity index (χ3v) is 6.25. The summed E-state index contributed by atoms with van der Waals surface area (Å²) < 4.78 is 17.3. The van der Waals surface area contributed by atoms with Gasteiger partial charge >= 0.3 is 18.0 Å². The zero-order valence-electron chi connectivity index (χ0n) is 23.3. The molecule has 9 nitrogen and oxygen atoms in total. The predicted molar refractivity (Wildman–Crippen MR) is 151 cm³/mol. The number of benzene rings is 2. The molecule has 0 spiro atoms. The molecule has 0 aliphatic carbocycles. The van der Waals surface area contributed by atoms with Gasteiger partial charge in [0.05, 0.1) is 37.4 Å². The first-order valence-electron chi connectivity index (χ1n) is 12.9. The van der Waals surface area contributed by atoms with E-state index in [0.29, 0.717) is 17.8 Å². The van der Waals surface area contributed by atoms with Crippen molar-refractivity contribution in [1.82, 2.24) is 14.9 Å². The molecule has 0 fully saturated rings. The minimum atomic E-state index is -0.707. The molecule has 2 aromatic carbocycles. The number of pyridine rings is 1. The predicted octanol–water partition coefficient (Wildman–Crippen LogP) is 5.48. The fraction of sp³-hybridized carbons (Fsp3) is 0.290. The van der Waals surface area contributed by atoms with Crippen LogP contribution in [0.25, 0.3) is 28.0 Å². The molecule has 9 heteroatoms. The number of rotatable bonds is 8. The second-order valence-electron chi connectivity index (χ2n) is 10.3. The monoisotopic (exact) mass is 543 g/mol. The first-order chi connectivity index (χ1) is 19.1. The molecule has 4 aromatic rings. The third-order valence-electron chi connectivity index (χ3n) is 6.25. The Morgan fingerprint density at radius 1 is 0.925 bits per heavy atom. The van der Waals surface area contributed by atoms with Gasteiger partial charge in [-0.2, -0.15) is 0 Å². The number of methoxy groups -OCH3 is 2. The number of carbonyl (C=O) groups excluding carboxylic acids is 3. The van der Waals surface area contributed by atoms with Crippen molar-refractivity contribution in [1.29, 1.82) is 0 Å². The quantitative estimate of drug-likeness (QED) is 0.232. The second-order valence-corrected chi connectivity index (χ2v) is 10.3. The maximum Gasteiger partial charge on any atom is 0.407 e. The van der Waals surface area contributed by atoms with Gasteiger partial charge in [0.25, 0.3) is 0 Å². The van der Waals surface area contributed by atoms with Crippen LogP contribution in [0.5, 0.6) is 0 Å². The lowest BCUT2D eigenvalue weighted by molar-refractivity contribution is -0.141. The average Bonchev–Trinajstić information content (AvgIpc) is 3.25. The lowest BCUT2D eigenvalue weighted by atomic mass is 9.96. The molecule has 4 rings (SSSR count). The zero-order chi connectivity index (χ0) is 28.9. The molecule has 0 unspecified atom stereocenters. The molecule has 208 valence electrons. The van der Waals surface area contributed by atoms with Crippen molar-refractivity contribution in [2.24, 2.45) is 0 Å². The minimum absolute atomic E-state index is 0.0560. The number of hydrogen-bond acceptors (Lipinski definition) is 7. The molecule has 0 aliphatic rings. The van der Waals surface area contributed by atoms with Crippen molar-refractivity contribution in [3.05, 3.63) is 84.1 Å². The Kier molecular flexibility index (Phi) is 8.52. The van der Waals surface area contributed by atoms with Crippen LogP contribution in [0.4, 0.5) is 4.79 Å². The van der Waals surface area contributed by atoms with Crippen LogP contribution in [0.15, 0.2) is 72.9 Å². The van der Waals surface area contributed by atoms with Crippen molar-refractivity contribution in [2.75, 3.05) is 14.2 Å². The first-order valence-corrected chi connectivity index (χ1v) is 12.9. The molecule has 2 aromatic heterocycles. The van der Waals surface area contributed by atoms with Gasteiger partial charge < -0.3 is 19.5 Å². The van der Waals surface area contributed by atoms with Crippen LogP contribution in [-0.4, -0.2) is 53.4 Å². The van der Waals surface area contributed by atoms with E-state index in [1.54, 1.807) is 39.1 Å². The number of alkyl carbamates (subject to hydrolysis) is 1. The Morgan fingerprint density at radius 3 is 2.25 bits per heavy atom. The first kappa shape index (κ1) is 28.4. The molecule has 0 radical (unpaired) electrons. The van der Waals surface area contributed by atoms with Gasteiger partial charge in [-0.3, -0.25) is 9.36 Å². The van der Waals surface area contributed by atoms with E-state index in [0.717, 1.165) is 27.7 Å². The summed E-state index contributed by atoms with van der Waals surface area (Å²) in [5.41, 5.74) is 3.13. The van der Waals surface area contributed by atoms with Crippen LogP contribution in [-0.2, 0) is 25.4 Å². The summed E-state index contributed by atoms with van der Waals surface area (Å²) in [6, 6.07) is 20.0. The van der Waals surface area contributed by atoms with Crippen LogP contribution in [0.3, 0.4) is 0 Å². The maximum absolute atomic E-state index is 12.8. The molecule has 0 aliphatic heterocycles. The van der Waals surface area contributed by atoms with Crippen molar-refractivity contribution >= 4 is 28.9 Å². The number of ether oxygens (including phenoxy) is 3. The van der Waals surface area contributed by atoms with E-state index in [9.17, 15) is 14.4 Å². The number of amides is 1. The summed E-state index contributed by atoms with van der Waals surface area (Å²) in [6.45, 7) is 5.33. The van der Waals surface area contributed by atoms with Crippen molar-refractivity contribution < 1.29 is 28.6 Å². The summed E-state index contributed by atoms with van der Waals surface area (Å²) in [5, 5.41) is 3.79. The molecule has 1 N–H and O–H groups in total. The minimum Gasteiger partial charge on any atom is -0.469 e. The van der Waals surface area contributed by atoms with Gasteiger partial charge in [-0.1, -0.05) is 36.4 Å². The van der Waals surface area contributed by atoms with Gasteiger partial charge in [-0.05, 0) is 68.7 Å². The summed E-state index contributed by atoms with van der Waals surface area (Å²) in [4.78, 5) is 41.9. The normalized spacial score (nSPS) is 12.0. The van der Waals surface area contributed by atoms with Crippen LogP contribution < -0.4 is 5.32 Å². The van der Waals surface area contributed by atoms with Crippen molar-refractivity contribution in [2.45, 2.75) is 45.3 Å². The van der Waals surface area contributed by atoms with Gasteiger partial charge in [-0.15, -0.1) is 0 Å². The highest BCUT2D eigenvalue weighted by Crippen LogP contribution is 2.37. The van der Waals surface area contributed by atoms with Crippen LogP contribution in [0.1, 0.15) is 43.1 Å². The smallest absolute Gasteiger partial charge is 0.407 e. The van der Waals surface area contributed by atoms with E-state index >= 15 is 0 Å². The number of nitrogens with one attached hydrogen (secondary N) is 1. The van der Waals surface area contributed by atoms with Gasteiger partial charge in [0.15, 0.2) is 0 Å². The number of para-hydroxylation sites is 1. The number of fused-ring (bicyclic) bond motifs is 1. The van der Waals surface area contributed by atoms with E-state index in [4.69, 9.17) is 14.2 Å². The van der Waals surface area contributed by atoms with Gasteiger partial charge in [0, 0.05) is 17.6 Å². The largest absolute Gasteiger partial charge is 0.469 e. The standard InChI is InChI=1S/C31H33N3O6/c1-31(2,3)40-30(37)33-22(19-27(35)38-4)18-24-23-10-6-7-11-25(23)34(26-12-8-9-17-32-26)28(24)20-13-15-21(16-14-20)29(36)39-5/h6-17,22H,18-19H2,1-5H3,(H,33,37)/t22-/m0/s1. The lowest BCUT2D eigenvalue weighted by Crippen LogP contribution is -2.41. The van der Waals surface area contributed by atoms with E-state index in [1.165, 1.54) is 14.2 Å². The fourth-order valence-electron chi connectivity index (χ4n) is 4.60. The molecular weight excluding hydrogens is 510 g/mol. The highest BCUT2D eigenvalue weighted by Gasteiger charge is 2.27. The number of carbonyl (C=O) groups is 3. The summed E-state index contributed by atoms with van der Waals surface area (Å²) in [7, 11) is 2.65. The third kappa shape index (κ3) is 6.48. The molecular formula is C31H33N3O6. The van der Waals surface area contributed by atoms with Crippen LogP contribution in [0, 0.1) is 0 Å². The molecule has 2 heterocycles. The van der Waals surface area contributed by atoms with Gasteiger partial charge in [0.2, 0.25) is 0 Å². The van der Waals surface area contributed by atoms with Crippen molar-refractivity contribution in [3.8, 4) is 17.1 Å². The number of esters is 2. The van der Waals surface area contributed by atoms with Crippen molar-refractivity contribution in [3.63, 3.8) is 0 Å². The Hall–Kier alpha value is -4.66. The van der Waals surface area contributed by atoms with Crippen LogP contribution in [0.2, 0.25) is 0 Å². The topological polar surface area (TPSA) is 109 Å². The Balaban J connectivity index is 1.90.